The van der Waals surface area contributed by atoms with Crippen molar-refractivity contribution in [1.82, 2.24) is 14.5 Å². The molecule has 0 aliphatic carbocycles. The molecule has 8 nitrogen and oxygen atoms in total. The average Bonchev–Trinajstić information content (AvgIpc) is 2.90. The summed E-state index contributed by atoms with van der Waals surface area (Å²) < 4.78 is 7.61. The summed E-state index contributed by atoms with van der Waals surface area (Å²) in [6, 6.07) is 5.43. The maximum Gasteiger partial charge on any atom is 0.152 e. The van der Waals surface area contributed by atoms with Crippen LogP contribution in [0.4, 0.5) is 5.82 Å². The number of pyridine rings is 1. The van der Waals surface area contributed by atoms with Crippen LogP contribution in [0.1, 0.15) is 19.7 Å². The molecule has 24 heavy (non-hydrogen) atoms. The van der Waals surface area contributed by atoms with E-state index in [-0.39, 0.29) is 13.2 Å². The fraction of sp³-hybridized carbons (Fsp3) is 0.375. The van der Waals surface area contributed by atoms with E-state index in [9.17, 15) is 10.0 Å². The van der Waals surface area contributed by atoms with E-state index in [1.54, 1.807) is 37.6 Å². The molecule has 0 saturated heterocycles. The summed E-state index contributed by atoms with van der Waals surface area (Å²) in [5, 5.41) is 13.3. The first kappa shape index (κ1) is 16.1. The number of benzene rings is 1. The molecule has 2 heterocycles. The zero-order valence-corrected chi connectivity index (χ0v) is 13.8. The summed E-state index contributed by atoms with van der Waals surface area (Å²) in [5.74, 6) is 1.34. The Labute approximate surface area is 138 Å². The quantitative estimate of drug-likeness (QED) is 0.693. The monoisotopic (exact) mass is 329 g/mol. The molecule has 3 aromatic rings. The molecular weight excluding hydrogens is 310 g/mol. The van der Waals surface area contributed by atoms with Gasteiger partial charge in [0.25, 0.3) is 0 Å². The molecule has 0 bridgehead atoms. The Kier molecular flexibility index (Phi) is 3.84. The van der Waals surface area contributed by atoms with Crippen molar-refractivity contribution in [1.29, 1.82) is 0 Å². The number of hydrogen-bond donors (Lipinski definition) is 2. The van der Waals surface area contributed by atoms with Crippen molar-refractivity contribution in [2.45, 2.75) is 26.0 Å². The Morgan fingerprint density at radius 2 is 2.12 bits per heavy atom. The lowest BCUT2D eigenvalue weighted by molar-refractivity contribution is 0.246. The molecule has 2 aromatic heterocycles. The minimum absolute atomic E-state index is 0.131. The van der Waals surface area contributed by atoms with Crippen LogP contribution in [-0.4, -0.2) is 31.8 Å². The number of anilines is 1. The van der Waals surface area contributed by atoms with Gasteiger partial charge in [0.1, 0.15) is 35.8 Å². The Hall–Kier alpha value is -2.74. The fourth-order valence-electron chi connectivity index (χ4n) is 2.59. The lowest BCUT2D eigenvalue weighted by atomic mass is 10.1. The number of nitrogen functional groups attached to an aromatic ring is 1. The number of rotatable bonds is 5. The molecule has 0 atom stereocenters. The van der Waals surface area contributed by atoms with Crippen LogP contribution in [0.25, 0.3) is 21.9 Å². The number of ether oxygens (including phenoxy) is 1. The molecule has 0 unspecified atom stereocenters. The van der Waals surface area contributed by atoms with E-state index in [0.717, 1.165) is 10.9 Å². The molecule has 3 N–H and O–H groups in total. The second kappa shape index (κ2) is 5.72. The minimum Gasteiger partial charge on any atom is -0.490 e. The zero-order valence-electron chi connectivity index (χ0n) is 13.8. The Morgan fingerprint density at radius 3 is 2.79 bits per heavy atom. The molecular formula is C16H19N5O3. The highest BCUT2D eigenvalue weighted by molar-refractivity contribution is 6.09. The van der Waals surface area contributed by atoms with Crippen LogP contribution in [0, 0.1) is 4.91 Å². The van der Waals surface area contributed by atoms with Crippen molar-refractivity contribution in [2.75, 3.05) is 12.3 Å². The molecule has 0 saturated carbocycles. The predicted molar refractivity (Wildman–Crippen MR) is 91.7 cm³/mol. The Balaban J connectivity index is 2.26. The van der Waals surface area contributed by atoms with Crippen molar-refractivity contribution in [2.24, 2.45) is 12.2 Å². The van der Waals surface area contributed by atoms with Crippen LogP contribution >= 0.6 is 0 Å². The molecule has 0 aliphatic rings. The molecule has 0 amide bonds. The number of aliphatic hydroxyl groups excluding tert-OH is 1. The van der Waals surface area contributed by atoms with Gasteiger partial charge in [-0.15, -0.1) is 0 Å². The summed E-state index contributed by atoms with van der Waals surface area (Å²) in [4.78, 5) is 19.6. The van der Waals surface area contributed by atoms with Crippen molar-refractivity contribution in [3.63, 3.8) is 0 Å². The van der Waals surface area contributed by atoms with Gasteiger partial charge in [-0.25, -0.2) is 9.97 Å². The van der Waals surface area contributed by atoms with Gasteiger partial charge in [0, 0.05) is 7.05 Å². The summed E-state index contributed by atoms with van der Waals surface area (Å²) in [6.45, 7) is 3.32. The number of aromatic nitrogens is 3. The van der Waals surface area contributed by atoms with Crippen LogP contribution in [-0.2, 0) is 13.7 Å². The second-order valence-electron chi connectivity index (χ2n) is 6.28. The number of imidazole rings is 1. The van der Waals surface area contributed by atoms with Crippen LogP contribution < -0.4 is 10.5 Å². The van der Waals surface area contributed by atoms with E-state index in [4.69, 9.17) is 10.5 Å². The second-order valence-corrected chi connectivity index (χ2v) is 6.28. The number of aliphatic hydroxyl groups is 1. The normalized spacial score (nSPS) is 12.0. The number of nitrogens with zero attached hydrogens (tertiary/aromatic N) is 4. The highest BCUT2D eigenvalue weighted by Gasteiger charge is 2.22. The molecule has 0 aliphatic heterocycles. The highest BCUT2D eigenvalue weighted by atomic mass is 16.5. The molecule has 8 heteroatoms. The molecule has 0 radical (unpaired) electrons. The van der Waals surface area contributed by atoms with Gasteiger partial charge in [-0.1, -0.05) is 11.2 Å². The van der Waals surface area contributed by atoms with Crippen LogP contribution in [0.2, 0.25) is 0 Å². The zero-order chi connectivity index (χ0) is 17.5. The van der Waals surface area contributed by atoms with Gasteiger partial charge < -0.3 is 20.1 Å². The smallest absolute Gasteiger partial charge is 0.152 e. The Morgan fingerprint density at radius 1 is 1.38 bits per heavy atom. The van der Waals surface area contributed by atoms with E-state index in [1.165, 1.54) is 0 Å². The van der Waals surface area contributed by atoms with E-state index in [1.807, 2.05) is 6.07 Å². The number of hydrogen-bond acceptors (Lipinski definition) is 7. The number of nitroso groups, excluding NO2 is 1. The van der Waals surface area contributed by atoms with Gasteiger partial charge in [0.15, 0.2) is 5.82 Å². The van der Waals surface area contributed by atoms with Gasteiger partial charge in [0.05, 0.1) is 16.4 Å². The fourth-order valence-corrected chi connectivity index (χ4v) is 2.59. The van der Waals surface area contributed by atoms with Crippen molar-refractivity contribution in [3.8, 4) is 5.75 Å². The van der Waals surface area contributed by atoms with Crippen LogP contribution in [0.5, 0.6) is 5.75 Å². The van der Waals surface area contributed by atoms with Crippen molar-refractivity contribution in [3.05, 3.63) is 28.9 Å². The third-order valence-electron chi connectivity index (χ3n) is 3.88. The number of fused-ring (bicyclic) bond motifs is 3. The van der Waals surface area contributed by atoms with E-state index in [0.29, 0.717) is 28.4 Å². The van der Waals surface area contributed by atoms with Gasteiger partial charge in [-0.3, -0.25) is 0 Å². The maximum atomic E-state index is 10.9. The molecule has 126 valence electrons. The summed E-state index contributed by atoms with van der Waals surface area (Å²) in [6.07, 6.45) is 0. The molecule has 3 rings (SSSR count). The largest absolute Gasteiger partial charge is 0.490 e. The molecule has 0 spiro atoms. The van der Waals surface area contributed by atoms with E-state index < -0.39 is 5.54 Å². The first-order valence-electron chi connectivity index (χ1n) is 7.49. The standard InChI is InChI=1S/C16H19N5O3/c1-16(2,20-23)8-24-10-6-4-5-9-12(10)14-13(15(17)18-9)19-11(7-22)21(14)3/h4-6,22H,7-8H2,1-3H3,(H2,17,18). The summed E-state index contributed by atoms with van der Waals surface area (Å²) >= 11 is 0. The maximum absolute atomic E-state index is 10.9. The SMILES string of the molecule is Cn1c(CO)nc2c(N)nc3cccc(OCC(C)(C)N=O)c3c21. The average molecular weight is 329 g/mol. The first-order valence-corrected chi connectivity index (χ1v) is 7.49. The third-order valence-corrected chi connectivity index (χ3v) is 3.88. The summed E-state index contributed by atoms with van der Waals surface area (Å²) in [7, 11) is 1.80. The van der Waals surface area contributed by atoms with E-state index >= 15 is 0 Å². The topological polar surface area (TPSA) is 116 Å². The van der Waals surface area contributed by atoms with Gasteiger partial charge >= 0.3 is 0 Å². The minimum atomic E-state index is -0.842. The third kappa shape index (κ3) is 2.54. The highest BCUT2D eigenvalue weighted by Crippen LogP contribution is 2.34. The van der Waals surface area contributed by atoms with Gasteiger partial charge in [0.2, 0.25) is 0 Å². The summed E-state index contributed by atoms with van der Waals surface area (Å²) in [5.41, 5.74) is 7.06. The lowest BCUT2D eigenvalue weighted by Gasteiger charge is -2.17. The van der Waals surface area contributed by atoms with Gasteiger partial charge in [-0.05, 0) is 26.0 Å². The van der Waals surface area contributed by atoms with Crippen molar-refractivity contribution >= 4 is 27.8 Å². The first-order chi connectivity index (χ1) is 11.4. The van der Waals surface area contributed by atoms with E-state index in [2.05, 4.69) is 15.1 Å². The lowest BCUT2D eigenvalue weighted by Crippen LogP contribution is -2.25. The van der Waals surface area contributed by atoms with Gasteiger partial charge in [-0.2, -0.15) is 4.91 Å². The molecule has 1 aromatic carbocycles. The predicted octanol–water partition coefficient (Wildman–Crippen LogP) is 2.12. The molecule has 0 fully saturated rings. The number of aryl methyl sites for hydroxylation is 1. The number of nitrogens with two attached hydrogens (primary N) is 1. The van der Waals surface area contributed by atoms with Crippen LogP contribution in [0.3, 0.4) is 0 Å². The Bertz CT molecular complexity index is 932. The van der Waals surface area contributed by atoms with Crippen molar-refractivity contribution < 1.29 is 9.84 Å². The van der Waals surface area contributed by atoms with Crippen LogP contribution in [0.15, 0.2) is 23.4 Å².